The molecule has 0 unspecified atom stereocenters. The maximum Gasteiger partial charge on any atom is 0.227 e. The number of hydrogen-bond donors (Lipinski definition) is 2. The van der Waals surface area contributed by atoms with Crippen molar-refractivity contribution in [2.75, 3.05) is 31.5 Å². The maximum absolute atomic E-state index is 9.97. The van der Waals surface area contributed by atoms with Gasteiger partial charge < -0.3 is 14.8 Å². The second-order valence-corrected chi connectivity index (χ2v) is 13.4. The summed E-state index contributed by atoms with van der Waals surface area (Å²) in [5.74, 6) is 1.22. The smallest absolute Gasteiger partial charge is 0.227 e. The van der Waals surface area contributed by atoms with E-state index in [0.29, 0.717) is 34.9 Å². The number of pyridine rings is 2. The van der Waals surface area contributed by atoms with Crippen LogP contribution in [0.15, 0.2) is 77.5 Å². The fourth-order valence-electron chi connectivity index (χ4n) is 7.43. The molecule has 9 nitrogen and oxygen atoms in total. The van der Waals surface area contributed by atoms with Crippen molar-refractivity contribution in [1.82, 2.24) is 24.8 Å². The van der Waals surface area contributed by atoms with E-state index in [1.807, 2.05) is 36.7 Å². The topological polar surface area (TPSA) is 114 Å². The molecule has 1 atom stereocenters. The van der Waals surface area contributed by atoms with E-state index in [1.54, 1.807) is 0 Å². The van der Waals surface area contributed by atoms with E-state index in [1.165, 1.54) is 12.8 Å². The van der Waals surface area contributed by atoms with Gasteiger partial charge in [-0.1, -0.05) is 24.3 Å². The summed E-state index contributed by atoms with van der Waals surface area (Å²) < 4.78 is 6.31. The predicted octanol–water partition coefficient (Wildman–Crippen LogP) is 7.50. The molecule has 49 heavy (non-hydrogen) atoms. The normalized spacial score (nSPS) is 16.9. The largest absolute Gasteiger partial charge is 0.435 e. The Balaban J connectivity index is 1.09. The first-order valence-corrected chi connectivity index (χ1v) is 17.1. The van der Waals surface area contributed by atoms with Crippen molar-refractivity contribution in [3.8, 4) is 28.7 Å². The molecule has 0 aliphatic carbocycles. The Hall–Kier alpha value is -5.14. The van der Waals surface area contributed by atoms with Crippen molar-refractivity contribution in [3.05, 3.63) is 101 Å². The van der Waals surface area contributed by atoms with Crippen LogP contribution in [0.4, 0.5) is 11.5 Å². The van der Waals surface area contributed by atoms with Gasteiger partial charge in [-0.25, -0.2) is 9.97 Å². The van der Waals surface area contributed by atoms with Crippen molar-refractivity contribution < 1.29 is 9.52 Å². The molecule has 0 saturated carbocycles. The molecule has 0 amide bonds. The van der Waals surface area contributed by atoms with E-state index in [-0.39, 0.29) is 6.10 Å². The number of hydrogen-bond acceptors (Lipinski definition) is 9. The van der Waals surface area contributed by atoms with Crippen LogP contribution < -0.4 is 5.32 Å². The molecule has 2 aliphatic rings. The van der Waals surface area contributed by atoms with E-state index < -0.39 is 0 Å². The minimum Gasteiger partial charge on any atom is -0.435 e. The van der Waals surface area contributed by atoms with Gasteiger partial charge in [0, 0.05) is 55.2 Å². The maximum atomic E-state index is 9.97. The second kappa shape index (κ2) is 13.1. The fourth-order valence-corrected chi connectivity index (χ4v) is 7.43. The van der Waals surface area contributed by atoms with Crippen LogP contribution in [0.2, 0.25) is 0 Å². The number of β-amino-alcohol motifs (C(OH)–C–C–N with tert-alkyl or cyclic N) is 1. The lowest BCUT2D eigenvalue weighted by Gasteiger charge is -2.17. The first kappa shape index (κ1) is 31.1. The third-order valence-corrected chi connectivity index (χ3v) is 10.0. The molecule has 9 heteroatoms. The van der Waals surface area contributed by atoms with Crippen LogP contribution in [0.1, 0.15) is 47.1 Å². The van der Waals surface area contributed by atoms with Gasteiger partial charge in [-0.05, 0) is 116 Å². The van der Waals surface area contributed by atoms with Crippen molar-refractivity contribution in [3.63, 3.8) is 0 Å². The summed E-state index contributed by atoms with van der Waals surface area (Å²) in [5.41, 5.74) is 11.0. The van der Waals surface area contributed by atoms with Crippen LogP contribution in [-0.4, -0.2) is 62.1 Å². The van der Waals surface area contributed by atoms with E-state index >= 15 is 0 Å². The predicted molar refractivity (Wildman–Crippen MR) is 192 cm³/mol. The molecule has 3 aromatic carbocycles. The summed E-state index contributed by atoms with van der Waals surface area (Å²) >= 11 is 0. The number of anilines is 2. The molecule has 0 spiro atoms. The minimum absolute atomic E-state index is 0.240. The van der Waals surface area contributed by atoms with Gasteiger partial charge in [-0.2, -0.15) is 5.26 Å². The molecule has 246 valence electrons. The highest BCUT2D eigenvalue weighted by atomic mass is 16.3. The van der Waals surface area contributed by atoms with E-state index in [0.717, 1.165) is 94.7 Å². The van der Waals surface area contributed by atoms with Gasteiger partial charge >= 0.3 is 0 Å². The minimum atomic E-state index is -0.240. The SMILES string of the molecule is Cc1c(Nc2nccc3cc(CN4CC[C@@H](O)C4)cnc23)cccc1-c1cccc(-c2nc3cc(CN4CCCC4)cc(C#N)c3o2)c1C. The zero-order valence-corrected chi connectivity index (χ0v) is 27.9. The number of nitrogens with one attached hydrogen (secondary N) is 1. The van der Waals surface area contributed by atoms with Crippen LogP contribution in [0, 0.1) is 25.2 Å². The van der Waals surface area contributed by atoms with Crippen LogP contribution in [0.25, 0.3) is 44.6 Å². The Morgan fingerprint density at radius 2 is 1.67 bits per heavy atom. The average Bonchev–Trinajstić information content (AvgIpc) is 3.87. The molecule has 0 bridgehead atoms. The number of likely N-dealkylation sites (tertiary alicyclic amines) is 2. The number of benzene rings is 3. The fraction of sp³-hybridized carbons (Fsp3) is 0.300. The van der Waals surface area contributed by atoms with Gasteiger partial charge in [0.1, 0.15) is 17.1 Å². The molecule has 3 aromatic heterocycles. The van der Waals surface area contributed by atoms with Crippen molar-refractivity contribution in [1.29, 1.82) is 5.26 Å². The van der Waals surface area contributed by atoms with Crippen LogP contribution in [0.5, 0.6) is 0 Å². The summed E-state index contributed by atoms with van der Waals surface area (Å²) in [6.45, 7) is 9.59. The van der Waals surface area contributed by atoms with Crippen molar-refractivity contribution in [2.45, 2.75) is 52.3 Å². The number of nitriles is 1. The first-order valence-electron chi connectivity index (χ1n) is 17.1. The zero-order chi connectivity index (χ0) is 33.5. The molecular formula is C40H39N7O2. The monoisotopic (exact) mass is 649 g/mol. The number of aromatic nitrogens is 3. The van der Waals surface area contributed by atoms with Gasteiger partial charge in [0.15, 0.2) is 11.4 Å². The van der Waals surface area contributed by atoms with Crippen molar-refractivity contribution in [2.24, 2.45) is 0 Å². The lowest BCUT2D eigenvalue weighted by Crippen LogP contribution is -2.21. The van der Waals surface area contributed by atoms with Gasteiger partial charge in [-0.3, -0.25) is 14.8 Å². The van der Waals surface area contributed by atoms with Crippen molar-refractivity contribution >= 4 is 33.5 Å². The molecule has 6 aromatic rings. The quantitative estimate of drug-likeness (QED) is 0.173. The third kappa shape index (κ3) is 6.15. The lowest BCUT2D eigenvalue weighted by atomic mass is 9.93. The highest BCUT2D eigenvalue weighted by molar-refractivity contribution is 5.91. The molecule has 8 rings (SSSR count). The summed E-state index contributed by atoms with van der Waals surface area (Å²) in [4.78, 5) is 19.1. The summed E-state index contributed by atoms with van der Waals surface area (Å²) in [6, 6.07) is 22.9. The first-order chi connectivity index (χ1) is 23.9. The highest BCUT2D eigenvalue weighted by Gasteiger charge is 2.22. The molecule has 2 aliphatic heterocycles. The Bertz CT molecular complexity index is 2230. The van der Waals surface area contributed by atoms with E-state index in [9.17, 15) is 10.4 Å². The number of oxazole rings is 1. The highest BCUT2D eigenvalue weighted by Crippen LogP contribution is 2.38. The Morgan fingerprint density at radius 1 is 0.898 bits per heavy atom. The Morgan fingerprint density at radius 3 is 2.47 bits per heavy atom. The molecular weight excluding hydrogens is 610 g/mol. The van der Waals surface area contributed by atoms with Gasteiger partial charge in [0.2, 0.25) is 5.89 Å². The summed E-state index contributed by atoms with van der Waals surface area (Å²) in [7, 11) is 0. The number of aliphatic hydroxyl groups is 1. The molecule has 0 radical (unpaired) electrons. The van der Waals surface area contributed by atoms with Crippen LogP contribution in [0.3, 0.4) is 0 Å². The molecule has 2 fully saturated rings. The molecule has 5 heterocycles. The number of rotatable bonds is 8. The standard InChI is InChI=1S/C40H39N7O2/c1-25-32(7-5-9-34(25)40-45-36-19-27(22-46-14-3-4-15-46)17-30(20-41)38(36)49-40)33-8-6-10-35(26(33)2)44-39-37-29(11-13-42-39)18-28(21-43-37)23-47-16-12-31(48)24-47/h5-11,13,17-19,21,31,48H,3-4,12,14-16,22-24H2,1-2H3,(H,42,44)/t31-/m1/s1. The Labute approximate surface area is 285 Å². The van der Waals surface area contributed by atoms with Gasteiger partial charge in [0.25, 0.3) is 0 Å². The van der Waals surface area contributed by atoms with Crippen LogP contribution in [-0.2, 0) is 13.1 Å². The number of aliphatic hydroxyl groups excluding tert-OH is 1. The molecule has 2 saturated heterocycles. The van der Waals surface area contributed by atoms with Crippen LogP contribution >= 0.6 is 0 Å². The zero-order valence-electron chi connectivity index (χ0n) is 27.9. The summed E-state index contributed by atoms with van der Waals surface area (Å²) in [5, 5.41) is 24.5. The van der Waals surface area contributed by atoms with E-state index in [4.69, 9.17) is 14.4 Å². The van der Waals surface area contributed by atoms with Gasteiger partial charge in [0.05, 0.1) is 11.7 Å². The lowest BCUT2D eigenvalue weighted by molar-refractivity contribution is 0.175. The summed E-state index contributed by atoms with van der Waals surface area (Å²) in [6.07, 6.45) is 6.76. The molecule has 2 N–H and O–H groups in total. The average molecular weight is 650 g/mol. The Kier molecular flexibility index (Phi) is 8.30. The third-order valence-electron chi connectivity index (χ3n) is 10.0. The number of fused-ring (bicyclic) bond motifs is 2. The van der Waals surface area contributed by atoms with E-state index in [2.05, 4.69) is 76.4 Å². The van der Waals surface area contributed by atoms with Gasteiger partial charge in [-0.15, -0.1) is 0 Å². The number of nitrogens with zero attached hydrogens (tertiary/aromatic N) is 6. The second-order valence-electron chi connectivity index (χ2n) is 13.4.